The quantitative estimate of drug-likeness (QED) is 0.873. The molecule has 0 radical (unpaired) electrons. The number of hydrogen-bond donors (Lipinski definition) is 1. The van der Waals surface area contributed by atoms with Gasteiger partial charge in [-0.05, 0) is 49.3 Å². The van der Waals surface area contributed by atoms with Crippen LogP contribution in [0, 0.1) is 11.7 Å². The molecule has 1 aromatic rings. The lowest BCUT2D eigenvalue weighted by Gasteiger charge is -2.24. The third kappa shape index (κ3) is 4.10. The summed E-state index contributed by atoms with van der Waals surface area (Å²) >= 11 is 0. The van der Waals surface area contributed by atoms with E-state index >= 15 is 0 Å². The summed E-state index contributed by atoms with van der Waals surface area (Å²) in [5, 5.41) is 0. The normalized spacial score (nSPS) is 19.2. The average Bonchev–Trinajstić information content (AvgIpc) is 2.33. The standard InChI is InChI=1S/C14H20FNO/c15-13-3-1-11(2-4-13)9-14(16)10-12-5-7-17-8-6-12/h1-4,12,14H,5-10,16H2. The van der Waals surface area contributed by atoms with Crippen LogP contribution in [0.15, 0.2) is 24.3 Å². The van der Waals surface area contributed by atoms with Crippen LogP contribution in [-0.2, 0) is 11.2 Å². The van der Waals surface area contributed by atoms with Gasteiger partial charge in [-0.1, -0.05) is 12.1 Å². The Hall–Kier alpha value is -0.930. The molecule has 0 bridgehead atoms. The van der Waals surface area contributed by atoms with Gasteiger partial charge in [0.05, 0.1) is 0 Å². The van der Waals surface area contributed by atoms with Crippen molar-refractivity contribution in [3.05, 3.63) is 35.6 Å². The predicted molar refractivity (Wildman–Crippen MR) is 66.2 cm³/mol. The molecule has 1 atom stereocenters. The molecule has 0 amide bonds. The Labute approximate surface area is 102 Å². The minimum atomic E-state index is -0.188. The molecule has 0 saturated carbocycles. The minimum Gasteiger partial charge on any atom is -0.381 e. The first-order valence-corrected chi connectivity index (χ1v) is 6.32. The highest BCUT2D eigenvalue weighted by Crippen LogP contribution is 2.20. The maximum atomic E-state index is 12.8. The highest BCUT2D eigenvalue weighted by molar-refractivity contribution is 5.17. The summed E-state index contributed by atoms with van der Waals surface area (Å²) in [7, 11) is 0. The second kappa shape index (κ2) is 6.12. The fourth-order valence-corrected chi connectivity index (χ4v) is 2.42. The van der Waals surface area contributed by atoms with Gasteiger partial charge in [0.25, 0.3) is 0 Å². The predicted octanol–water partition coefficient (Wildman–Crippen LogP) is 2.51. The lowest BCUT2D eigenvalue weighted by atomic mass is 9.90. The monoisotopic (exact) mass is 237 g/mol. The van der Waals surface area contributed by atoms with E-state index in [-0.39, 0.29) is 11.9 Å². The zero-order valence-corrected chi connectivity index (χ0v) is 10.1. The van der Waals surface area contributed by atoms with Crippen molar-refractivity contribution in [1.29, 1.82) is 0 Å². The maximum absolute atomic E-state index is 12.8. The largest absolute Gasteiger partial charge is 0.381 e. The number of benzene rings is 1. The van der Waals surface area contributed by atoms with Gasteiger partial charge in [-0.15, -0.1) is 0 Å². The van der Waals surface area contributed by atoms with Crippen molar-refractivity contribution in [2.75, 3.05) is 13.2 Å². The molecular weight excluding hydrogens is 217 g/mol. The molecule has 0 spiro atoms. The molecule has 2 nitrogen and oxygen atoms in total. The number of rotatable bonds is 4. The van der Waals surface area contributed by atoms with E-state index in [1.807, 2.05) is 12.1 Å². The van der Waals surface area contributed by atoms with Gasteiger partial charge < -0.3 is 10.5 Å². The van der Waals surface area contributed by atoms with E-state index < -0.39 is 0 Å². The fraction of sp³-hybridized carbons (Fsp3) is 0.571. The zero-order chi connectivity index (χ0) is 12.1. The van der Waals surface area contributed by atoms with Crippen LogP contribution in [0.5, 0.6) is 0 Å². The Balaban J connectivity index is 1.79. The molecule has 1 aliphatic rings. The first-order valence-electron chi connectivity index (χ1n) is 6.32. The summed E-state index contributed by atoms with van der Waals surface area (Å²) in [6, 6.07) is 6.80. The highest BCUT2D eigenvalue weighted by atomic mass is 19.1. The average molecular weight is 237 g/mol. The van der Waals surface area contributed by atoms with Crippen molar-refractivity contribution in [3.63, 3.8) is 0 Å². The van der Waals surface area contributed by atoms with Crippen LogP contribution in [0.3, 0.4) is 0 Å². The molecule has 1 saturated heterocycles. The van der Waals surface area contributed by atoms with Gasteiger partial charge in [0.2, 0.25) is 0 Å². The maximum Gasteiger partial charge on any atom is 0.123 e. The molecule has 17 heavy (non-hydrogen) atoms. The van der Waals surface area contributed by atoms with Crippen molar-refractivity contribution < 1.29 is 9.13 Å². The van der Waals surface area contributed by atoms with Crippen LogP contribution in [-0.4, -0.2) is 19.3 Å². The summed E-state index contributed by atoms with van der Waals surface area (Å²) in [6.07, 6.45) is 4.12. The third-order valence-corrected chi connectivity index (χ3v) is 3.39. The summed E-state index contributed by atoms with van der Waals surface area (Å²) in [5.41, 5.74) is 7.26. The Morgan fingerprint density at radius 2 is 1.88 bits per heavy atom. The topological polar surface area (TPSA) is 35.2 Å². The van der Waals surface area contributed by atoms with Gasteiger partial charge in [-0.3, -0.25) is 0 Å². The SMILES string of the molecule is NC(Cc1ccc(F)cc1)CC1CCOCC1. The molecule has 1 aliphatic heterocycles. The molecule has 1 aromatic carbocycles. The molecule has 1 heterocycles. The first kappa shape index (κ1) is 12.5. The van der Waals surface area contributed by atoms with Crippen molar-refractivity contribution >= 4 is 0 Å². The Morgan fingerprint density at radius 1 is 1.24 bits per heavy atom. The van der Waals surface area contributed by atoms with Gasteiger partial charge in [0.1, 0.15) is 5.82 Å². The van der Waals surface area contributed by atoms with Gasteiger partial charge in [-0.2, -0.15) is 0 Å². The van der Waals surface area contributed by atoms with E-state index in [4.69, 9.17) is 10.5 Å². The molecular formula is C14H20FNO. The smallest absolute Gasteiger partial charge is 0.123 e. The number of nitrogens with two attached hydrogens (primary N) is 1. The zero-order valence-electron chi connectivity index (χ0n) is 10.1. The summed E-state index contributed by atoms with van der Waals surface area (Å²) < 4.78 is 18.1. The second-order valence-corrected chi connectivity index (χ2v) is 4.88. The molecule has 2 rings (SSSR count). The number of ether oxygens (including phenoxy) is 1. The van der Waals surface area contributed by atoms with Crippen LogP contribution in [0.1, 0.15) is 24.8 Å². The lowest BCUT2D eigenvalue weighted by Crippen LogP contribution is -2.28. The van der Waals surface area contributed by atoms with E-state index in [2.05, 4.69) is 0 Å². The Morgan fingerprint density at radius 3 is 2.53 bits per heavy atom. The van der Waals surface area contributed by atoms with Gasteiger partial charge in [0, 0.05) is 19.3 Å². The summed E-state index contributed by atoms with van der Waals surface area (Å²) in [5.74, 6) is 0.506. The lowest BCUT2D eigenvalue weighted by molar-refractivity contribution is 0.0619. The van der Waals surface area contributed by atoms with Crippen LogP contribution in [0.2, 0.25) is 0 Å². The van der Waals surface area contributed by atoms with E-state index in [1.54, 1.807) is 0 Å². The third-order valence-electron chi connectivity index (χ3n) is 3.39. The Kier molecular flexibility index (Phi) is 4.51. The van der Waals surface area contributed by atoms with Crippen molar-refractivity contribution in [2.45, 2.75) is 31.7 Å². The summed E-state index contributed by atoms with van der Waals surface area (Å²) in [6.45, 7) is 1.74. The van der Waals surface area contributed by atoms with Crippen molar-refractivity contribution in [3.8, 4) is 0 Å². The molecule has 3 heteroatoms. The molecule has 94 valence electrons. The highest BCUT2D eigenvalue weighted by Gasteiger charge is 2.17. The fourth-order valence-electron chi connectivity index (χ4n) is 2.42. The van der Waals surface area contributed by atoms with Gasteiger partial charge in [-0.25, -0.2) is 4.39 Å². The van der Waals surface area contributed by atoms with Gasteiger partial charge >= 0.3 is 0 Å². The first-order chi connectivity index (χ1) is 8.24. The van der Waals surface area contributed by atoms with Crippen LogP contribution < -0.4 is 5.73 Å². The van der Waals surface area contributed by atoms with Crippen LogP contribution in [0.4, 0.5) is 4.39 Å². The molecule has 1 fully saturated rings. The number of halogens is 1. The van der Waals surface area contributed by atoms with E-state index in [0.717, 1.165) is 44.5 Å². The Bertz CT molecular complexity index is 333. The summed E-state index contributed by atoms with van der Waals surface area (Å²) in [4.78, 5) is 0. The van der Waals surface area contributed by atoms with Crippen molar-refractivity contribution in [2.24, 2.45) is 11.7 Å². The minimum absolute atomic E-state index is 0.170. The molecule has 0 aromatic heterocycles. The molecule has 1 unspecified atom stereocenters. The van der Waals surface area contributed by atoms with Crippen LogP contribution >= 0.6 is 0 Å². The molecule has 0 aliphatic carbocycles. The number of hydrogen-bond acceptors (Lipinski definition) is 2. The van der Waals surface area contributed by atoms with E-state index in [0.29, 0.717) is 5.92 Å². The van der Waals surface area contributed by atoms with Crippen LogP contribution in [0.25, 0.3) is 0 Å². The van der Waals surface area contributed by atoms with E-state index in [9.17, 15) is 4.39 Å². The second-order valence-electron chi connectivity index (χ2n) is 4.88. The molecule has 2 N–H and O–H groups in total. The van der Waals surface area contributed by atoms with E-state index in [1.165, 1.54) is 12.1 Å². The van der Waals surface area contributed by atoms with Crippen molar-refractivity contribution in [1.82, 2.24) is 0 Å². The van der Waals surface area contributed by atoms with Gasteiger partial charge in [0.15, 0.2) is 0 Å².